The van der Waals surface area contributed by atoms with Crippen molar-refractivity contribution in [3.63, 3.8) is 0 Å². The minimum atomic E-state index is -3.17. The van der Waals surface area contributed by atoms with E-state index in [1.54, 1.807) is 43.3 Å². The summed E-state index contributed by atoms with van der Waals surface area (Å²) in [4.78, 5) is 25.8. The summed E-state index contributed by atoms with van der Waals surface area (Å²) in [5.41, 5.74) is 6.90. The number of carbonyl (C=O) groups excluding carboxylic acids is 2. The number of aromatic hydroxyl groups is 1. The molecule has 7 nitrogen and oxygen atoms in total. The molecule has 4 rings (SSSR count). The van der Waals surface area contributed by atoms with Crippen LogP contribution in [0.5, 0.6) is 17.2 Å². The highest BCUT2D eigenvalue weighted by Gasteiger charge is 2.35. The van der Waals surface area contributed by atoms with E-state index in [0.29, 0.717) is 11.3 Å². The van der Waals surface area contributed by atoms with E-state index in [2.05, 4.69) is 0 Å². The molecule has 3 N–H and O–H groups in total. The SMILES string of the molecule is CCS(=O)(=O)Cc1ccc(Oc2cc(O)c3c(c2N)C(=O)c2ccccc2C3=O)cc1. The number of nitrogen functional groups attached to an aromatic ring is 1. The van der Waals surface area contributed by atoms with Gasteiger partial charge in [0.05, 0.1) is 22.6 Å². The fraction of sp³-hybridized carbons (Fsp3) is 0.130. The molecule has 0 saturated heterocycles. The molecule has 0 spiro atoms. The number of phenolic OH excluding ortho intramolecular Hbond substituents is 1. The van der Waals surface area contributed by atoms with E-state index in [9.17, 15) is 23.1 Å². The molecule has 0 aromatic heterocycles. The van der Waals surface area contributed by atoms with Gasteiger partial charge < -0.3 is 15.6 Å². The number of anilines is 1. The maximum absolute atomic E-state index is 13.0. The summed E-state index contributed by atoms with van der Waals surface area (Å²) >= 11 is 0. The molecule has 0 bridgehead atoms. The molecule has 0 saturated carbocycles. The number of ketones is 2. The van der Waals surface area contributed by atoms with Crippen LogP contribution in [0.2, 0.25) is 0 Å². The van der Waals surface area contributed by atoms with E-state index < -0.39 is 27.2 Å². The number of fused-ring (bicyclic) bond motifs is 2. The third-order valence-corrected chi connectivity index (χ3v) is 6.81. The number of rotatable bonds is 5. The molecule has 1 aliphatic rings. The van der Waals surface area contributed by atoms with Crippen molar-refractivity contribution in [2.24, 2.45) is 0 Å². The Balaban J connectivity index is 1.70. The number of carbonyl (C=O) groups is 2. The second-order valence-corrected chi connectivity index (χ2v) is 9.54. The van der Waals surface area contributed by atoms with Gasteiger partial charge in [0.2, 0.25) is 0 Å². The van der Waals surface area contributed by atoms with Crippen molar-refractivity contribution in [3.8, 4) is 17.2 Å². The lowest BCUT2D eigenvalue weighted by Crippen LogP contribution is -2.22. The summed E-state index contributed by atoms with van der Waals surface area (Å²) in [6.45, 7) is 1.59. The predicted octanol–water partition coefficient (Wildman–Crippen LogP) is 3.48. The number of hydrogen-bond acceptors (Lipinski definition) is 7. The second kappa shape index (κ2) is 7.55. The Labute approximate surface area is 179 Å². The van der Waals surface area contributed by atoms with Gasteiger partial charge in [-0.2, -0.15) is 0 Å². The quantitative estimate of drug-likeness (QED) is 0.362. The van der Waals surface area contributed by atoms with Crippen LogP contribution in [0.25, 0.3) is 0 Å². The molecular formula is C23H19NO6S. The van der Waals surface area contributed by atoms with Crippen LogP contribution in [0.3, 0.4) is 0 Å². The van der Waals surface area contributed by atoms with Gasteiger partial charge in [-0.25, -0.2) is 8.42 Å². The maximum Gasteiger partial charge on any atom is 0.198 e. The Morgan fingerprint density at radius 3 is 2.10 bits per heavy atom. The molecule has 3 aromatic carbocycles. The average Bonchev–Trinajstić information content (AvgIpc) is 2.75. The zero-order valence-electron chi connectivity index (χ0n) is 16.6. The van der Waals surface area contributed by atoms with Crippen LogP contribution in [0.15, 0.2) is 54.6 Å². The lowest BCUT2D eigenvalue weighted by molar-refractivity contribution is 0.0977. The first-order valence-corrected chi connectivity index (χ1v) is 11.3. The summed E-state index contributed by atoms with van der Waals surface area (Å²) in [6, 6.07) is 13.9. The summed E-state index contributed by atoms with van der Waals surface area (Å²) in [5, 5.41) is 10.5. The first kappa shape index (κ1) is 20.6. The summed E-state index contributed by atoms with van der Waals surface area (Å²) in [5.74, 6) is -1.04. The molecule has 1 aliphatic carbocycles. The number of benzene rings is 3. The molecule has 8 heteroatoms. The zero-order chi connectivity index (χ0) is 22.3. The Kier molecular flexibility index (Phi) is 5.02. The highest BCUT2D eigenvalue weighted by molar-refractivity contribution is 7.90. The first-order chi connectivity index (χ1) is 14.7. The molecule has 158 valence electrons. The maximum atomic E-state index is 13.0. The van der Waals surface area contributed by atoms with Crippen LogP contribution in [0.4, 0.5) is 5.69 Å². The largest absolute Gasteiger partial charge is 0.507 e. The van der Waals surface area contributed by atoms with Gasteiger partial charge >= 0.3 is 0 Å². The molecule has 0 fully saturated rings. The Bertz CT molecular complexity index is 1330. The van der Waals surface area contributed by atoms with Gasteiger partial charge in [0.1, 0.15) is 11.5 Å². The van der Waals surface area contributed by atoms with Crippen LogP contribution in [0, 0.1) is 0 Å². The van der Waals surface area contributed by atoms with E-state index in [1.165, 1.54) is 18.2 Å². The molecule has 0 unspecified atom stereocenters. The Morgan fingerprint density at radius 2 is 1.52 bits per heavy atom. The third-order valence-electron chi connectivity index (χ3n) is 5.16. The smallest absolute Gasteiger partial charge is 0.198 e. The van der Waals surface area contributed by atoms with Crippen LogP contribution >= 0.6 is 0 Å². The van der Waals surface area contributed by atoms with E-state index in [0.717, 1.165) is 0 Å². The lowest BCUT2D eigenvalue weighted by atomic mass is 9.82. The Morgan fingerprint density at radius 1 is 0.935 bits per heavy atom. The highest BCUT2D eigenvalue weighted by Crippen LogP contribution is 2.42. The van der Waals surface area contributed by atoms with Gasteiger partial charge in [-0.1, -0.05) is 43.3 Å². The van der Waals surface area contributed by atoms with E-state index >= 15 is 0 Å². The van der Waals surface area contributed by atoms with Crippen LogP contribution in [0.1, 0.15) is 44.3 Å². The van der Waals surface area contributed by atoms with Crippen LogP contribution < -0.4 is 10.5 Å². The van der Waals surface area contributed by atoms with Gasteiger partial charge in [-0.15, -0.1) is 0 Å². The van der Waals surface area contributed by atoms with E-state index in [4.69, 9.17) is 10.5 Å². The van der Waals surface area contributed by atoms with Gasteiger partial charge in [0.15, 0.2) is 27.2 Å². The summed E-state index contributed by atoms with van der Waals surface area (Å²) in [6.07, 6.45) is 0. The van der Waals surface area contributed by atoms with Crippen molar-refractivity contribution in [1.29, 1.82) is 0 Å². The second-order valence-electron chi connectivity index (χ2n) is 7.18. The molecule has 0 atom stereocenters. The van der Waals surface area contributed by atoms with Gasteiger partial charge in [0.25, 0.3) is 0 Å². The highest BCUT2D eigenvalue weighted by atomic mass is 32.2. The minimum absolute atomic E-state index is 0.0192. The van der Waals surface area contributed by atoms with Gasteiger partial charge in [0, 0.05) is 22.9 Å². The average molecular weight is 437 g/mol. The fourth-order valence-electron chi connectivity index (χ4n) is 3.50. The molecule has 0 amide bonds. The van der Waals surface area contributed by atoms with Crippen molar-refractivity contribution in [2.75, 3.05) is 11.5 Å². The monoisotopic (exact) mass is 437 g/mol. The number of sulfone groups is 1. The third kappa shape index (κ3) is 3.66. The first-order valence-electron chi connectivity index (χ1n) is 9.53. The Hall–Kier alpha value is -3.65. The molecule has 3 aromatic rings. The van der Waals surface area contributed by atoms with Crippen molar-refractivity contribution >= 4 is 27.1 Å². The van der Waals surface area contributed by atoms with Crippen LogP contribution in [-0.2, 0) is 15.6 Å². The zero-order valence-corrected chi connectivity index (χ0v) is 17.4. The number of ether oxygens (including phenoxy) is 1. The van der Waals surface area contributed by atoms with E-state index in [1.807, 2.05) is 0 Å². The number of phenols is 1. The minimum Gasteiger partial charge on any atom is -0.507 e. The van der Waals surface area contributed by atoms with Crippen molar-refractivity contribution in [2.45, 2.75) is 12.7 Å². The molecule has 0 radical (unpaired) electrons. The lowest BCUT2D eigenvalue weighted by Gasteiger charge is -2.21. The molecular weight excluding hydrogens is 418 g/mol. The van der Waals surface area contributed by atoms with Crippen molar-refractivity contribution in [3.05, 3.63) is 82.4 Å². The number of nitrogens with two attached hydrogens (primary N) is 1. The summed E-state index contributed by atoms with van der Waals surface area (Å²) < 4.78 is 29.3. The predicted molar refractivity (Wildman–Crippen MR) is 116 cm³/mol. The van der Waals surface area contributed by atoms with Crippen LogP contribution in [-0.4, -0.2) is 30.8 Å². The molecule has 31 heavy (non-hydrogen) atoms. The van der Waals surface area contributed by atoms with Gasteiger partial charge in [-0.05, 0) is 17.7 Å². The molecule has 0 heterocycles. The van der Waals surface area contributed by atoms with Crippen molar-refractivity contribution < 1.29 is 27.9 Å². The topological polar surface area (TPSA) is 124 Å². The van der Waals surface area contributed by atoms with Crippen molar-refractivity contribution in [1.82, 2.24) is 0 Å². The molecule has 0 aliphatic heterocycles. The van der Waals surface area contributed by atoms with E-state index in [-0.39, 0.29) is 45.2 Å². The standard InChI is InChI=1S/C23H19NO6S/c1-2-31(28,29)12-13-7-9-14(10-8-13)30-18-11-17(25)19-20(21(18)24)23(27)16-6-4-3-5-15(16)22(19)26/h3-11,25H,2,12,24H2,1H3. The normalized spacial score (nSPS) is 12.9. The van der Waals surface area contributed by atoms with Gasteiger partial charge in [-0.3, -0.25) is 9.59 Å². The summed E-state index contributed by atoms with van der Waals surface area (Å²) in [7, 11) is -3.17. The number of hydrogen-bond donors (Lipinski definition) is 2. The fourth-order valence-corrected chi connectivity index (χ4v) is 4.40.